The van der Waals surface area contributed by atoms with Gasteiger partial charge in [0.1, 0.15) is 0 Å². The molecule has 0 aliphatic carbocycles. The van der Waals surface area contributed by atoms with Gasteiger partial charge in [-0.05, 0) is 50.7 Å². The number of nitrogens with two attached hydrogens (primary N) is 1. The van der Waals surface area contributed by atoms with Crippen LogP contribution in [0, 0.1) is 5.41 Å². The molecule has 1 aliphatic rings. The SMILES string of the molecule is CCN(CCCCC(C)(C)CN)CC1CCCO1. The summed E-state index contributed by atoms with van der Waals surface area (Å²) in [5.74, 6) is 0. The zero-order valence-corrected chi connectivity index (χ0v) is 12.6. The highest BCUT2D eigenvalue weighted by Crippen LogP contribution is 2.21. The zero-order valence-electron chi connectivity index (χ0n) is 12.6. The first-order valence-corrected chi connectivity index (χ1v) is 7.61. The summed E-state index contributed by atoms with van der Waals surface area (Å²) in [5, 5.41) is 0. The van der Waals surface area contributed by atoms with E-state index in [9.17, 15) is 0 Å². The Labute approximate surface area is 113 Å². The smallest absolute Gasteiger partial charge is 0.0702 e. The summed E-state index contributed by atoms with van der Waals surface area (Å²) in [5.41, 5.74) is 6.07. The summed E-state index contributed by atoms with van der Waals surface area (Å²) >= 11 is 0. The van der Waals surface area contributed by atoms with Crippen LogP contribution in [0.5, 0.6) is 0 Å². The lowest BCUT2D eigenvalue weighted by atomic mass is 9.87. The number of nitrogens with zero attached hydrogens (tertiary/aromatic N) is 1. The van der Waals surface area contributed by atoms with Gasteiger partial charge in [0.25, 0.3) is 0 Å². The van der Waals surface area contributed by atoms with Gasteiger partial charge in [0.2, 0.25) is 0 Å². The van der Waals surface area contributed by atoms with E-state index < -0.39 is 0 Å². The van der Waals surface area contributed by atoms with E-state index >= 15 is 0 Å². The van der Waals surface area contributed by atoms with Crippen LogP contribution in [0.2, 0.25) is 0 Å². The van der Waals surface area contributed by atoms with Crippen LogP contribution in [-0.4, -0.2) is 43.8 Å². The standard InChI is InChI=1S/C15H32N2O/c1-4-17(12-14-8-7-11-18-14)10-6-5-9-15(2,3)13-16/h14H,4-13,16H2,1-3H3. The quantitative estimate of drug-likeness (QED) is 0.645. The van der Waals surface area contributed by atoms with E-state index in [1.54, 1.807) is 0 Å². The number of hydrogen-bond donors (Lipinski definition) is 1. The number of hydrogen-bond acceptors (Lipinski definition) is 3. The molecule has 1 fully saturated rings. The van der Waals surface area contributed by atoms with E-state index in [0.717, 1.165) is 26.2 Å². The van der Waals surface area contributed by atoms with Crippen LogP contribution in [0.3, 0.4) is 0 Å². The lowest BCUT2D eigenvalue weighted by Crippen LogP contribution is -2.33. The molecule has 0 aromatic carbocycles. The van der Waals surface area contributed by atoms with E-state index in [1.807, 2.05) is 0 Å². The molecule has 0 amide bonds. The Balaban J connectivity index is 2.11. The van der Waals surface area contributed by atoms with Crippen molar-refractivity contribution in [2.45, 2.75) is 59.0 Å². The number of ether oxygens (including phenoxy) is 1. The van der Waals surface area contributed by atoms with E-state index in [0.29, 0.717) is 11.5 Å². The Morgan fingerprint density at radius 2 is 2.11 bits per heavy atom. The normalized spacial score (nSPS) is 20.8. The van der Waals surface area contributed by atoms with E-state index in [4.69, 9.17) is 10.5 Å². The molecule has 0 radical (unpaired) electrons. The number of rotatable bonds is 9. The van der Waals surface area contributed by atoms with Crippen molar-refractivity contribution in [3.63, 3.8) is 0 Å². The summed E-state index contributed by atoms with van der Waals surface area (Å²) in [6, 6.07) is 0. The van der Waals surface area contributed by atoms with Gasteiger partial charge < -0.3 is 15.4 Å². The van der Waals surface area contributed by atoms with Gasteiger partial charge in [0.05, 0.1) is 6.10 Å². The van der Waals surface area contributed by atoms with Crippen molar-refractivity contribution in [2.24, 2.45) is 11.1 Å². The molecule has 1 atom stereocenters. The van der Waals surface area contributed by atoms with Crippen LogP contribution < -0.4 is 5.73 Å². The molecule has 3 heteroatoms. The van der Waals surface area contributed by atoms with Crippen molar-refractivity contribution >= 4 is 0 Å². The minimum absolute atomic E-state index is 0.311. The van der Waals surface area contributed by atoms with Gasteiger partial charge in [-0.2, -0.15) is 0 Å². The van der Waals surface area contributed by atoms with Crippen molar-refractivity contribution in [2.75, 3.05) is 32.8 Å². The molecule has 1 saturated heterocycles. The van der Waals surface area contributed by atoms with Crippen molar-refractivity contribution in [3.05, 3.63) is 0 Å². The first-order chi connectivity index (χ1) is 8.57. The number of likely N-dealkylation sites (N-methyl/N-ethyl adjacent to an activating group) is 1. The Morgan fingerprint density at radius 1 is 1.33 bits per heavy atom. The van der Waals surface area contributed by atoms with Gasteiger partial charge in [-0.1, -0.05) is 27.2 Å². The molecule has 0 aromatic rings. The summed E-state index contributed by atoms with van der Waals surface area (Å²) < 4.78 is 5.71. The van der Waals surface area contributed by atoms with Gasteiger partial charge in [-0.15, -0.1) is 0 Å². The Hall–Kier alpha value is -0.120. The first kappa shape index (κ1) is 15.9. The summed E-state index contributed by atoms with van der Waals surface area (Å²) in [7, 11) is 0. The summed E-state index contributed by atoms with van der Waals surface area (Å²) in [6.45, 7) is 12.0. The van der Waals surface area contributed by atoms with E-state index in [-0.39, 0.29) is 0 Å². The second-order valence-electron chi connectivity index (χ2n) is 6.35. The maximum atomic E-state index is 5.76. The maximum absolute atomic E-state index is 5.76. The van der Waals surface area contributed by atoms with Crippen LogP contribution >= 0.6 is 0 Å². The molecule has 0 saturated carbocycles. The summed E-state index contributed by atoms with van der Waals surface area (Å²) in [6.07, 6.45) is 6.78. The maximum Gasteiger partial charge on any atom is 0.0702 e. The van der Waals surface area contributed by atoms with Crippen LogP contribution in [0.25, 0.3) is 0 Å². The van der Waals surface area contributed by atoms with Crippen molar-refractivity contribution in [1.82, 2.24) is 4.90 Å². The molecule has 1 rings (SSSR count). The lowest BCUT2D eigenvalue weighted by molar-refractivity contribution is 0.0740. The predicted octanol–water partition coefficient (Wildman–Crippen LogP) is 2.64. The monoisotopic (exact) mass is 256 g/mol. The Kier molecular flexibility index (Phi) is 7.20. The van der Waals surface area contributed by atoms with Crippen LogP contribution in [0.15, 0.2) is 0 Å². The van der Waals surface area contributed by atoms with Crippen LogP contribution in [0.1, 0.15) is 52.9 Å². The second kappa shape index (κ2) is 8.13. The lowest BCUT2D eigenvalue weighted by Gasteiger charge is -2.25. The molecular weight excluding hydrogens is 224 g/mol. The fourth-order valence-electron chi connectivity index (χ4n) is 2.50. The third kappa shape index (κ3) is 6.17. The third-order valence-electron chi connectivity index (χ3n) is 4.06. The summed E-state index contributed by atoms with van der Waals surface area (Å²) in [4.78, 5) is 2.53. The average molecular weight is 256 g/mol. The topological polar surface area (TPSA) is 38.5 Å². The van der Waals surface area contributed by atoms with Gasteiger partial charge in [-0.3, -0.25) is 0 Å². The van der Waals surface area contributed by atoms with Crippen molar-refractivity contribution in [3.8, 4) is 0 Å². The molecule has 0 bridgehead atoms. The molecule has 1 unspecified atom stereocenters. The molecule has 18 heavy (non-hydrogen) atoms. The molecule has 1 heterocycles. The first-order valence-electron chi connectivity index (χ1n) is 7.61. The molecule has 0 aromatic heterocycles. The van der Waals surface area contributed by atoms with Crippen molar-refractivity contribution < 1.29 is 4.74 Å². The number of unbranched alkanes of at least 4 members (excludes halogenated alkanes) is 1. The molecule has 0 spiro atoms. The van der Waals surface area contributed by atoms with Crippen LogP contribution in [0.4, 0.5) is 0 Å². The Bertz CT molecular complexity index is 213. The minimum Gasteiger partial charge on any atom is -0.377 e. The largest absolute Gasteiger partial charge is 0.377 e. The average Bonchev–Trinajstić information content (AvgIpc) is 2.86. The van der Waals surface area contributed by atoms with Gasteiger partial charge in [0, 0.05) is 13.2 Å². The van der Waals surface area contributed by atoms with Crippen molar-refractivity contribution in [1.29, 1.82) is 0 Å². The molecule has 108 valence electrons. The second-order valence-corrected chi connectivity index (χ2v) is 6.35. The van der Waals surface area contributed by atoms with Gasteiger partial charge in [0.15, 0.2) is 0 Å². The van der Waals surface area contributed by atoms with Gasteiger partial charge in [-0.25, -0.2) is 0 Å². The fourth-order valence-corrected chi connectivity index (χ4v) is 2.50. The highest BCUT2D eigenvalue weighted by molar-refractivity contribution is 4.72. The predicted molar refractivity (Wildman–Crippen MR) is 77.8 cm³/mol. The fraction of sp³-hybridized carbons (Fsp3) is 1.00. The highest BCUT2D eigenvalue weighted by atomic mass is 16.5. The minimum atomic E-state index is 0.311. The molecule has 1 aliphatic heterocycles. The highest BCUT2D eigenvalue weighted by Gasteiger charge is 2.19. The van der Waals surface area contributed by atoms with Crippen LogP contribution in [-0.2, 0) is 4.74 Å². The Morgan fingerprint density at radius 3 is 2.67 bits per heavy atom. The molecule has 2 N–H and O–H groups in total. The molecular formula is C15H32N2O. The van der Waals surface area contributed by atoms with Gasteiger partial charge >= 0.3 is 0 Å². The zero-order chi connectivity index (χ0) is 13.4. The third-order valence-corrected chi connectivity index (χ3v) is 4.06. The van der Waals surface area contributed by atoms with E-state index in [2.05, 4.69) is 25.7 Å². The molecule has 3 nitrogen and oxygen atoms in total. The van der Waals surface area contributed by atoms with E-state index in [1.165, 1.54) is 38.6 Å².